The smallest absolute Gasteiger partial charge is 0.141 e. The molecule has 20 heavy (non-hydrogen) atoms. The highest BCUT2D eigenvalue weighted by Gasteiger charge is 2.13. The van der Waals surface area contributed by atoms with Crippen LogP contribution < -0.4 is 5.32 Å². The molecule has 1 unspecified atom stereocenters. The van der Waals surface area contributed by atoms with Crippen molar-refractivity contribution in [2.45, 2.75) is 32.9 Å². The summed E-state index contributed by atoms with van der Waals surface area (Å²) in [5, 5.41) is 3.69. The van der Waals surface area contributed by atoms with E-state index in [-0.39, 0.29) is 22.9 Å². The standard InChI is InChI=1S/C17H19ClFN/c1-11-6-4-5-7-15(11)13(3)20-12(2)14-8-9-17(19)16(18)10-14/h4-10,12-13,20H,1-3H3/t12?,13-/m1/s1. The molecule has 0 aliphatic carbocycles. The maximum atomic E-state index is 13.2. The molecule has 0 radical (unpaired) electrons. The van der Waals surface area contributed by atoms with Gasteiger partial charge < -0.3 is 5.32 Å². The normalized spacial score (nSPS) is 14.1. The monoisotopic (exact) mass is 291 g/mol. The second-order valence-electron chi connectivity index (χ2n) is 5.14. The first-order chi connectivity index (χ1) is 9.49. The molecule has 2 aromatic carbocycles. The summed E-state index contributed by atoms with van der Waals surface area (Å²) in [6.07, 6.45) is 0. The average molecular weight is 292 g/mol. The fraction of sp³-hybridized carbons (Fsp3) is 0.294. The molecule has 2 aromatic rings. The lowest BCUT2D eigenvalue weighted by atomic mass is 10.0. The van der Waals surface area contributed by atoms with Crippen LogP contribution in [-0.2, 0) is 0 Å². The summed E-state index contributed by atoms with van der Waals surface area (Å²) in [6, 6.07) is 13.5. The molecule has 0 amide bonds. The molecule has 0 aromatic heterocycles. The molecule has 2 atom stereocenters. The molecule has 0 aliphatic heterocycles. The second-order valence-corrected chi connectivity index (χ2v) is 5.55. The Hall–Kier alpha value is -1.38. The van der Waals surface area contributed by atoms with Crippen LogP contribution in [0.5, 0.6) is 0 Å². The van der Waals surface area contributed by atoms with Gasteiger partial charge in [0.2, 0.25) is 0 Å². The van der Waals surface area contributed by atoms with Crippen LogP contribution in [0, 0.1) is 12.7 Å². The van der Waals surface area contributed by atoms with E-state index in [9.17, 15) is 4.39 Å². The highest BCUT2D eigenvalue weighted by Crippen LogP contribution is 2.24. The first-order valence-corrected chi connectivity index (χ1v) is 7.13. The van der Waals surface area contributed by atoms with E-state index in [1.807, 2.05) is 12.1 Å². The number of halogens is 2. The Morgan fingerprint density at radius 2 is 1.75 bits per heavy atom. The lowest BCUT2D eigenvalue weighted by Gasteiger charge is -2.22. The predicted molar refractivity (Wildman–Crippen MR) is 82.6 cm³/mol. The van der Waals surface area contributed by atoms with Gasteiger partial charge in [0.25, 0.3) is 0 Å². The van der Waals surface area contributed by atoms with Crippen LogP contribution in [0.1, 0.15) is 42.6 Å². The zero-order valence-corrected chi connectivity index (χ0v) is 12.7. The van der Waals surface area contributed by atoms with E-state index < -0.39 is 0 Å². The second kappa shape index (κ2) is 6.38. The van der Waals surface area contributed by atoms with Crippen molar-refractivity contribution in [3.63, 3.8) is 0 Å². The van der Waals surface area contributed by atoms with Crippen molar-refractivity contribution in [2.24, 2.45) is 0 Å². The number of aryl methyl sites for hydroxylation is 1. The van der Waals surface area contributed by atoms with E-state index in [2.05, 4.69) is 38.2 Å². The van der Waals surface area contributed by atoms with Gasteiger partial charge in [0.1, 0.15) is 5.82 Å². The highest BCUT2D eigenvalue weighted by atomic mass is 35.5. The number of hydrogen-bond donors (Lipinski definition) is 1. The molecule has 0 spiro atoms. The lowest BCUT2D eigenvalue weighted by Crippen LogP contribution is -2.23. The van der Waals surface area contributed by atoms with E-state index in [0.717, 1.165) is 5.56 Å². The Kier molecular flexibility index (Phi) is 4.79. The van der Waals surface area contributed by atoms with Crippen molar-refractivity contribution in [1.29, 1.82) is 0 Å². The highest BCUT2D eigenvalue weighted by molar-refractivity contribution is 6.30. The van der Waals surface area contributed by atoms with Gasteiger partial charge in [-0.25, -0.2) is 4.39 Å². The van der Waals surface area contributed by atoms with Gasteiger partial charge >= 0.3 is 0 Å². The fourth-order valence-electron chi connectivity index (χ4n) is 2.42. The summed E-state index contributed by atoms with van der Waals surface area (Å²) in [5.74, 6) is -0.380. The van der Waals surface area contributed by atoms with Gasteiger partial charge in [-0.2, -0.15) is 0 Å². The molecule has 1 N–H and O–H groups in total. The molecule has 2 rings (SSSR count). The van der Waals surface area contributed by atoms with Gasteiger partial charge in [-0.15, -0.1) is 0 Å². The van der Waals surface area contributed by atoms with E-state index in [1.165, 1.54) is 17.2 Å². The van der Waals surface area contributed by atoms with Gasteiger partial charge in [0.05, 0.1) is 5.02 Å². The van der Waals surface area contributed by atoms with Gasteiger partial charge in [0, 0.05) is 12.1 Å². The summed E-state index contributed by atoms with van der Waals surface area (Å²) in [7, 11) is 0. The zero-order chi connectivity index (χ0) is 14.7. The van der Waals surface area contributed by atoms with Crippen molar-refractivity contribution in [3.8, 4) is 0 Å². The summed E-state index contributed by atoms with van der Waals surface area (Å²) >= 11 is 5.83. The van der Waals surface area contributed by atoms with Crippen molar-refractivity contribution in [2.75, 3.05) is 0 Å². The summed E-state index contributed by atoms with van der Waals surface area (Å²) < 4.78 is 13.2. The Morgan fingerprint density at radius 1 is 1.05 bits per heavy atom. The minimum atomic E-state index is -0.380. The maximum absolute atomic E-state index is 13.2. The van der Waals surface area contributed by atoms with Crippen molar-refractivity contribution in [3.05, 3.63) is 70.0 Å². The van der Waals surface area contributed by atoms with E-state index >= 15 is 0 Å². The number of nitrogens with one attached hydrogen (secondary N) is 1. The van der Waals surface area contributed by atoms with Crippen LogP contribution >= 0.6 is 11.6 Å². The Morgan fingerprint density at radius 3 is 2.40 bits per heavy atom. The SMILES string of the molecule is Cc1ccccc1[C@@H](C)NC(C)c1ccc(F)c(Cl)c1. The third-order valence-electron chi connectivity index (χ3n) is 3.60. The van der Waals surface area contributed by atoms with Crippen LogP contribution in [-0.4, -0.2) is 0 Å². The molecule has 0 saturated heterocycles. The number of benzene rings is 2. The average Bonchev–Trinajstić information content (AvgIpc) is 2.42. The number of rotatable bonds is 4. The molecule has 106 valence electrons. The van der Waals surface area contributed by atoms with Crippen molar-refractivity contribution >= 4 is 11.6 Å². The Balaban J connectivity index is 2.13. The minimum absolute atomic E-state index is 0.0997. The molecule has 0 fully saturated rings. The van der Waals surface area contributed by atoms with Crippen LogP contribution in [0.4, 0.5) is 4.39 Å². The maximum Gasteiger partial charge on any atom is 0.141 e. The molecule has 0 heterocycles. The minimum Gasteiger partial charge on any atom is -0.304 e. The van der Waals surface area contributed by atoms with Gasteiger partial charge in [-0.3, -0.25) is 0 Å². The zero-order valence-electron chi connectivity index (χ0n) is 12.0. The largest absolute Gasteiger partial charge is 0.304 e. The van der Waals surface area contributed by atoms with Gasteiger partial charge in [-0.05, 0) is 49.6 Å². The van der Waals surface area contributed by atoms with Gasteiger partial charge in [-0.1, -0.05) is 41.9 Å². The van der Waals surface area contributed by atoms with E-state index in [1.54, 1.807) is 12.1 Å². The van der Waals surface area contributed by atoms with Crippen LogP contribution in [0.2, 0.25) is 5.02 Å². The predicted octanol–water partition coefficient (Wildman–Crippen LogP) is 5.20. The third-order valence-corrected chi connectivity index (χ3v) is 3.89. The molecule has 1 nitrogen and oxygen atoms in total. The first kappa shape index (κ1) is 15.0. The summed E-state index contributed by atoms with van der Waals surface area (Å²) in [5.41, 5.74) is 3.52. The Labute approximate surface area is 124 Å². The summed E-state index contributed by atoms with van der Waals surface area (Å²) in [6.45, 7) is 6.29. The molecule has 3 heteroatoms. The van der Waals surface area contributed by atoms with Crippen molar-refractivity contribution < 1.29 is 4.39 Å². The topological polar surface area (TPSA) is 12.0 Å². The summed E-state index contributed by atoms with van der Waals surface area (Å²) in [4.78, 5) is 0. The molecular formula is C17H19ClFN. The molecule has 0 aliphatic rings. The molecule has 0 bridgehead atoms. The van der Waals surface area contributed by atoms with E-state index in [0.29, 0.717) is 0 Å². The first-order valence-electron chi connectivity index (χ1n) is 6.75. The molecular weight excluding hydrogens is 273 g/mol. The quantitative estimate of drug-likeness (QED) is 0.816. The lowest BCUT2D eigenvalue weighted by molar-refractivity contribution is 0.492. The van der Waals surface area contributed by atoms with E-state index in [4.69, 9.17) is 11.6 Å². The van der Waals surface area contributed by atoms with Crippen LogP contribution in [0.25, 0.3) is 0 Å². The van der Waals surface area contributed by atoms with Gasteiger partial charge in [0.15, 0.2) is 0 Å². The van der Waals surface area contributed by atoms with Crippen LogP contribution in [0.3, 0.4) is 0 Å². The Bertz CT molecular complexity index is 597. The van der Waals surface area contributed by atoms with Crippen molar-refractivity contribution in [1.82, 2.24) is 5.32 Å². The third kappa shape index (κ3) is 3.38. The molecule has 0 saturated carbocycles. The van der Waals surface area contributed by atoms with Crippen LogP contribution in [0.15, 0.2) is 42.5 Å². The number of hydrogen-bond acceptors (Lipinski definition) is 1. The fourth-order valence-corrected chi connectivity index (χ4v) is 2.60.